The van der Waals surface area contributed by atoms with E-state index < -0.39 is 0 Å². The molecule has 9 heteroatoms. The second kappa shape index (κ2) is 8.76. The maximum absolute atomic E-state index is 6.14. The van der Waals surface area contributed by atoms with Gasteiger partial charge in [0.2, 0.25) is 0 Å². The van der Waals surface area contributed by atoms with E-state index in [1.54, 1.807) is 7.11 Å². The van der Waals surface area contributed by atoms with Crippen molar-refractivity contribution in [2.24, 2.45) is 7.05 Å². The first-order chi connectivity index (χ1) is 16.3. The number of fused-ring (bicyclic) bond motifs is 1. The number of benzene rings is 1. The second-order valence-electron chi connectivity index (χ2n) is 9.20. The fourth-order valence-corrected chi connectivity index (χ4v) is 5.24. The van der Waals surface area contributed by atoms with E-state index in [0.29, 0.717) is 11.6 Å². The van der Waals surface area contributed by atoms with Gasteiger partial charge in [0.1, 0.15) is 11.4 Å². The molecule has 4 heterocycles. The van der Waals surface area contributed by atoms with Crippen LogP contribution in [0.5, 0.6) is 0 Å². The molecule has 0 spiro atoms. The Kier molecular flexibility index (Phi) is 5.91. The lowest BCUT2D eigenvalue weighted by atomic mass is 9.87. The number of methoxy groups -OCH3 is 1. The predicted octanol–water partition coefficient (Wildman–Crippen LogP) is 4.47. The number of H-pyrrole nitrogens is 1. The van der Waals surface area contributed by atoms with Crippen LogP contribution >= 0.6 is 11.6 Å². The van der Waals surface area contributed by atoms with E-state index in [-0.39, 0.29) is 5.60 Å². The summed E-state index contributed by atoms with van der Waals surface area (Å²) in [7, 11) is 3.75. The summed E-state index contributed by atoms with van der Waals surface area (Å²) in [4.78, 5) is 11.9. The SMILES string of the molecule is COC1(c2cc(-c3c(C)nn(C)c3C)n[nH]2)CCN(Cc2nc(C)c3cc(Cl)ccc3n2)CC1. The number of rotatable bonds is 5. The van der Waals surface area contributed by atoms with E-state index in [4.69, 9.17) is 26.3 Å². The molecule has 178 valence electrons. The van der Waals surface area contributed by atoms with Crippen molar-refractivity contribution in [2.75, 3.05) is 20.2 Å². The fraction of sp³-hybridized carbons (Fsp3) is 0.440. The molecule has 0 unspecified atom stereocenters. The molecule has 0 saturated carbocycles. The largest absolute Gasteiger partial charge is 0.372 e. The number of likely N-dealkylation sites (tertiary alicyclic amines) is 1. The third-order valence-electron chi connectivity index (χ3n) is 7.15. The van der Waals surface area contributed by atoms with Gasteiger partial charge in [-0.3, -0.25) is 14.7 Å². The molecule has 0 atom stereocenters. The Morgan fingerprint density at radius 1 is 1.09 bits per heavy atom. The molecule has 5 rings (SSSR count). The van der Waals surface area contributed by atoms with Gasteiger partial charge in [0, 0.05) is 54.6 Å². The highest BCUT2D eigenvalue weighted by Gasteiger charge is 2.38. The van der Waals surface area contributed by atoms with Gasteiger partial charge in [0.25, 0.3) is 0 Å². The lowest BCUT2D eigenvalue weighted by Gasteiger charge is -2.39. The van der Waals surface area contributed by atoms with E-state index in [9.17, 15) is 0 Å². The number of aromatic nitrogens is 6. The molecule has 4 aromatic rings. The Morgan fingerprint density at radius 2 is 1.85 bits per heavy atom. The fourth-order valence-electron chi connectivity index (χ4n) is 5.07. The van der Waals surface area contributed by atoms with Crippen LogP contribution in [0.1, 0.15) is 41.4 Å². The van der Waals surface area contributed by atoms with Crippen LogP contribution in [0, 0.1) is 20.8 Å². The van der Waals surface area contributed by atoms with Crippen LogP contribution in [0.3, 0.4) is 0 Å². The van der Waals surface area contributed by atoms with Gasteiger partial charge in [-0.15, -0.1) is 0 Å². The smallest absolute Gasteiger partial charge is 0.143 e. The Morgan fingerprint density at radius 3 is 2.53 bits per heavy atom. The third-order valence-corrected chi connectivity index (χ3v) is 7.38. The summed E-state index contributed by atoms with van der Waals surface area (Å²) >= 11 is 6.14. The van der Waals surface area contributed by atoms with Crippen molar-refractivity contribution in [3.8, 4) is 11.3 Å². The van der Waals surface area contributed by atoms with Crippen LogP contribution in [0.4, 0.5) is 0 Å². The molecule has 0 radical (unpaired) electrons. The van der Waals surface area contributed by atoms with Gasteiger partial charge in [-0.2, -0.15) is 10.2 Å². The van der Waals surface area contributed by atoms with E-state index >= 15 is 0 Å². The van der Waals surface area contributed by atoms with Gasteiger partial charge >= 0.3 is 0 Å². The minimum atomic E-state index is -0.386. The molecule has 0 amide bonds. The molecular weight excluding hydrogens is 450 g/mol. The van der Waals surface area contributed by atoms with Crippen molar-refractivity contribution < 1.29 is 4.74 Å². The van der Waals surface area contributed by atoms with Gasteiger partial charge in [-0.05, 0) is 57.9 Å². The first-order valence-corrected chi connectivity index (χ1v) is 11.9. The topological polar surface area (TPSA) is 84.8 Å². The van der Waals surface area contributed by atoms with Crippen LogP contribution < -0.4 is 0 Å². The summed E-state index contributed by atoms with van der Waals surface area (Å²) in [5.41, 5.74) is 6.59. The predicted molar refractivity (Wildman–Crippen MR) is 133 cm³/mol. The van der Waals surface area contributed by atoms with Crippen LogP contribution in [0.25, 0.3) is 22.2 Å². The third kappa shape index (κ3) is 4.00. The van der Waals surface area contributed by atoms with Crippen LogP contribution in [0.2, 0.25) is 5.02 Å². The average molecular weight is 480 g/mol. The van der Waals surface area contributed by atoms with Gasteiger partial charge in [0.15, 0.2) is 0 Å². The summed E-state index contributed by atoms with van der Waals surface area (Å²) in [6.07, 6.45) is 1.72. The van der Waals surface area contributed by atoms with Crippen molar-refractivity contribution in [3.63, 3.8) is 0 Å². The Hall–Kier alpha value is -2.81. The lowest BCUT2D eigenvalue weighted by molar-refractivity contribution is -0.0671. The minimum absolute atomic E-state index is 0.386. The first-order valence-electron chi connectivity index (χ1n) is 11.6. The van der Waals surface area contributed by atoms with E-state index in [1.165, 1.54) is 0 Å². The summed E-state index contributed by atoms with van der Waals surface area (Å²) < 4.78 is 8.00. The summed E-state index contributed by atoms with van der Waals surface area (Å²) in [5.74, 6) is 0.837. The van der Waals surface area contributed by atoms with E-state index in [2.05, 4.69) is 33.2 Å². The minimum Gasteiger partial charge on any atom is -0.372 e. The van der Waals surface area contributed by atoms with Crippen LogP contribution in [0.15, 0.2) is 24.3 Å². The Labute approximate surface area is 204 Å². The number of nitrogens with one attached hydrogen (secondary N) is 1. The molecular formula is C25H30ClN7O. The molecule has 1 aliphatic rings. The molecule has 3 aromatic heterocycles. The highest BCUT2D eigenvalue weighted by molar-refractivity contribution is 6.31. The molecule has 1 aliphatic heterocycles. The Bertz CT molecular complexity index is 1350. The molecule has 34 heavy (non-hydrogen) atoms. The molecule has 1 fully saturated rings. The normalized spacial score (nSPS) is 16.4. The van der Waals surface area contributed by atoms with Gasteiger partial charge in [-0.1, -0.05) is 11.6 Å². The second-order valence-corrected chi connectivity index (χ2v) is 9.63. The van der Waals surface area contributed by atoms with E-state index in [1.807, 2.05) is 43.8 Å². The lowest BCUT2D eigenvalue weighted by Crippen LogP contribution is -2.43. The molecule has 1 saturated heterocycles. The highest BCUT2D eigenvalue weighted by atomic mass is 35.5. The summed E-state index contributed by atoms with van der Waals surface area (Å²) in [5, 5.41) is 14.1. The zero-order valence-corrected chi connectivity index (χ0v) is 21.1. The number of piperidine rings is 1. The maximum Gasteiger partial charge on any atom is 0.143 e. The zero-order chi connectivity index (χ0) is 24.0. The van der Waals surface area contributed by atoms with Crippen molar-refractivity contribution in [3.05, 3.63) is 57.9 Å². The molecule has 0 bridgehead atoms. The standard InChI is InChI=1S/C25H30ClN7O/c1-15-19-12-18(26)6-7-20(19)28-23(27-15)14-33-10-8-25(34-5,9-11-33)22-13-21(29-30-22)24-16(2)31-32(4)17(24)3/h6-7,12-13H,8-11,14H2,1-5H3,(H,29,30). The number of nitrogens with zero attached hydrogens (tertiary/aromatic N) is 6. The van der Waals surface area contributed by atoms with Crippen LogP contribution in [-0.2, 0) is 23.9 Å². The number of aromatic amines is 1. The van der Waals surface area contributed by atoms with Gasteiger partial charge in [-0.25, -0.2) is 9.97 Å². The van der Waals surface area contributed by atoms with Crippen molar-refractivity contribution >= 4 is 22.5 Å². The van der Waals surface area contributed by atoms with Crippen molar-refractivity contribution in [2.45, 2.75) is 45.8 Å². The van der Waals surface area contributed by atoms with Crippen molar-refractivity contribution in [1.29, 1.82) is 0 Å². The quantitative estimate of drug-likeness (QED) is 0.454. The number of aryl methyl sites for hydroxylation is 3. The number of hydrogen-bond donors (Lipinski definition) is 1. The summed E-state index contributed by atoms with van der Waals surface area (Å²) in [6.45, 7) is 8.58. The van der Waals surface area contributed by atoms with Crippen molar-refractivity contribution in [1.82, 2.24) is 34.8 Å². The number of hydrogen-bond acceptors (Lipinski definition) is 6. The van der Waals surface area contributed by atoms with Crippen LogP contribution in [-0.4, -0.2) is 55.0 Å². The first kappa shape index (κ1) is 23.0. The monoisotopic (exact) mass is 479 g/mol. The highest BCUT2D eigenvalue weighted by Crippen LogP contribution is 2.37. The number of halogens is 1. The summed E-state index contributed by atoms with van der Waals surface area (Å²) in [6, 6.07) is 7.89. The maximum atomic E-state index is 6.14. The molecule has 1 aromatic carbocycles. The zero-order valence-electron chi connectivity index (χ0n) is 20.3. The van der Waals surface area contributed by atoms with Gasteiger partial charge < -0.3 is 4.74 Å². The number of ether oxygens (including phenoxy) is 1. The van der Waals surface area contributed by atoms with E-state index in [0.717, 1.165) is 76.7 Å². The van der Waals surface area contributed by atoms with Gasteiger partial charge in [0.05, 0.1) is 29.1 Å². The average Bonchev–Trinajstić information content (AvgIpc) is 3.39. The molecule has 8 nitrogen and oxygen atoms in total. The Balaban J connectivity index is 1.32. The molecule has 1 N–H and O–H groups in total. The molecule has 0 aliphatic carbocycles.